The van der Waals surface area contributed by atoms with Crippen LogP contribution in [0.1, 0.15) is 31.6 Å². The predicted octanol–water partition coefficient (Wildman–Crippen LogP) is 1.62. The standard InChI is InChI=1S/C10H18N4OS/c1-16-10(4-2-3-5-10)7-12-9-14-13-8(6-11)15-9/h2-7,11H2,1H3,(H,12,14). The summed E-state index contributed by atoms with van der Waals surface area (Å²) in [5, 5.41) is 10.9. The Balaban J connectivity index is 1.90. The van der Waals surface area contributed by atoms with Gasteiger partial charge in [-0.25, -0.2) is 0 Å². The van der Waals surface area contributed by atoms with Crippen molar-refractivity contribution < 1.29 is 4.42 Å². The zero-order valence-corrected chi connectivity index (χ0v) is 10.3. The predicted molar refractivity (Wildman–Crippen MR) is 65.4 cm³/mol. The van der Waals surface area contributed by atoms with Crippen molar-refractivity contribution in [2.75, 3.05) is 18.1 Å². The molecule has 1 saturated carbocycles. The maximum Gasteiger partial charge on any atom is 0.315 e. The topological polar surface area (TPSA) is 77.0 Å². The van der Waals surface area contributed by atoms with Crippen molar-refractivity contribution in [2.45, 2.75) is 37.0 Å². The Kier molecular flexibility index (Phi) is 3.70. The van der Waals surface area contributed by atoms with E-state index in [1.807, 2.05) is 11.8 Å². The molecule has 1 aliphatic rings. The molecular weight excluding hydrogens is 224 g/mol. The van der Waals surface area contributed by atoms with Gasteiger partial charge >= 0.3 is 6.01 Å². The molecule has 1 heterocycles. The number of aromatic nitrogens is 2. The van der Waals surface area contributed by atoms with Crippen molar-refractivity contribution in [3.8, 4) is 0 Å². The number of hydrogen-bond donors (Lipinski definition) is 2. The highest BCUT2D eigenvalue weighted by molar-refractivity contribution is 8.00. The third-order valence-electron chi connectivity index (χ3n) is 3.15. The van der Waals surface area contributed by atoms with Gasteiger partial charge in [0.15, 0.2) is 0 Å². The SMILES string of the molecule is CSC1(CNc2nnc(CN)o2)CCCC1. The van der Waals surface area contributed by atoms with Crippen LogP contribution >= 0.6 is 11.8 Å². The van der Waals surface area contributed by atoms with Crippen molar-refractivity contribution in [3.63, 3.8) is 0 Å². The minimum Gasteiger partial charge on any atom is -0.407 e. The van der Waals surface area contributed by atoms with E-state index in [4.69, 9.17) is 10.2 Å². The van der Waals surface area contributed by atoms with Crippen LogP contribution in [0.3, 0.4) is 0 Å². The molecule has 1 aliphatic carbocycles. The molecule has 1 fully saturated rings. The number of nitrogens with one attached hydrogen (secondary N) is 1. The van der Waals surface area contributed by atoms with E-state index in [1.54, 1.807) is 0 Å². The van der Waals surface area contributed by atoms with Crippen LogP contribution < -0.4 is 11.1 Å². The summed E-state index contributed by atoms with van der Waals surface area (Å²) in [6.07, 6.45) is 7.34. The Morgan fingerprint density at radius 2 is 2.19 bits per heavy atom. The minimum absolute atomic E-state index is 0.294. The first-order valence-corrected chi connectivity index (χ1v) is 6.82. The van der Waals surface area contributed by atoms with E-state index in [2.05, 4.69) is 21.8 Å². The number of thioether (sulfide) groups is 1. The summed E-state index contributed by atoms with van der Waals surface area (Å²) < 4.78 is 5.66. The monoisotopic (exact) mass is 242 g/mol. The highest BCUT2D eigenvalue weighted by Crippen LogP contribution is 2.40. The molecule has 1 aromatic rings. The molecule has 0 bridgehead atoms. The van der Waals surface area contributed by atoms with Gasteiger partial charge < -0.3 is 15.5 Å². The van der Waals surface area contributed by atoms with E-state index < -0.39 is 0 Å². The summed E-state index contributed by atoms with van der Waals surface area (Å²) in [5.74, 6) is 0.479. The normalized spacial score (nSPS) is 18.9. The lowest BCUT2D eigenvalue weighted by Gasteiger charge is -2.26. The van der Waals surface area contributed by atoms with Gasteiger partial charge in [0.25, 0.3) is 0 Å². The Hall–Kier alpha value is -0.750. The minimum atomic E-state index is 0.294. The highest BCUT2D eigenvalue weighted by atomic mass is 32.2. The van der Waals surface area contributed by atoms with Crippen LogP contribution in [0.15, 0.2) is 4.42 Å². The third-order valence-corrected chi connectivity index (χ3v) is 4.57. The lowest BCUT2D eigenvalue weighted by molar-refractivity contribution is 0.502. The molecule has 0 saturated heterocycles. The number of nitrogens with zero attached hydrogens (tertiary/aromatic N) is 2. The molecule has 0 radical (unpaired) electrons. The molecule has 2 rings (SSSR count). The zero-order valence-electron chi connectivity index (χ0n) is 9.53. The maximum absolute atomic E-state index is 5.41. The van der Waals surface area contributed by atoms with Crippen molar-refractivity contribution in [2.24, 2.45) is 5.73 Å². The Morgan fingerprint density at radius 3 is 2.75 bits per heavy atom. The van der Waals surface area contributed by atoms with Crippen molar-refractivity contribution >= 4 is 17.8 Å². The molecule has 1 aromatic heterocycles. The van der Waals surface area contributed by atoms with Crippen LogP contribution in [-0.4, -0.2) is 27.7 Å². The van der Waals surface area contributed by atoms with E-state index in [0.717, 1.165) is 6.54 Å². The smallest absolute Gasteiger partial charge is 0.315 e. The Labute approximate surface area is 99.6 Å². The molecule has 0 spiro atoms. The quantitative estimate of drug-likeness (QED) is 0.817. The van der Waals surface area contributed by atoms with E-state index in [1.165, 1.54) is 25.7 Å². The molecular formula is C10H18N4OS. The van der Waals surface area contributed by atoms with E-state index in [9.17, 15) is 0 Å². The van der Waals surface area contributed by atoms with Gasteiger partial charge in [-0.2, -0.15) is 11.8 Å². The first kappa shape index (κ1) is 11.7. The summed E-state index contributed by atoms with van der Waals surface area (Å²) in [7, 11) is 0. The second-order valence-corrected chi connectivity index (χ2v) is 5.43. The first-order chi connectivity index (χ1) is 7.78. The number of rotatable bonds is 5. The van der Waals surface area contributed by atoms with Crippen molar-refractivity contribution in [1.82, 2.24) is 10.2 Å². The molecule has 6 heteroatoms. The van der Waals surface area contributed by atoms with E-state index >= 15 is 0 Å². The molecule has 90 valence electrons. The second kappa shape index (κ2) is 5.05. The maximum atomic E-state index is 5.41. The van der Waals surface area contributed by atoms with E-state index in [0.29, 0.717) is 23.2 Å². The van der Waals surface area contributed by atoms with Gasteiger partial charge in [0.1, 0.15) is 0 Å². The molecule has 5 nitrogen and oxygen atoms in total. The van der Waals surface area contributed by atoms with Crippen LogP contribution in [0.25, 0.3) is 0 Å². The van der Waals surface area contributed by atoms with Gasteiger partial charge in [0.2, 0.25) is 5.89 Å². The van der Waals surface area contributed by atoms with Crippen molar-refractivity contribution in [1.29, 1.82) is 0 Å². The number of anilines is 1. The molecule has 0 aromatic carbocycles. The molecule has 0 atom stereocenters. The molecule has 0 amide bonds. The molecule has 3 N–H and O–H groups in total. The summed E-state index contributed by atoms with van der Waals surface area (Å²) in [5.41, 5.74) is 5.41. The second-order valence-electron chi connectivity index (χ2n) is 4.15. The van der Waals surface area contributed by atoms with Crippen LogP contribution in [0.2, 0.25) is 0 Å². The lowest BCUT2D eigenvalue weighted by Crippen LogP contribution is -2.30. The summed E-state index contributed by atoms with van der Waals surface area (Å²) in [6, 6.07) is 0.487. The zero-order chi connectivity index (χ0) is 11.4. The van der Waals surface area contributed by atoms with Crippen molar-refractivity contribution in [3.05, 3.63) is 5.89 Å². The first-order valence-electron chi connectivity index (χ1n) is 5.59. The van der Waals surface area contributed by atoms with Crippen LogP contribution in [-0.2, 0) is 6.54 Å². The molecule has 0 aliphatic heterocycles. The summed E-state index contributed by atoms with van der Waals surface area (Å²) in [6.45, 7) is 1.18. The third kappa shape index (κ3) is 2.49. The van der Waals surface area contributed by atoms with Gasteiger partial charge in [0, 0.05) is 11.3 Å². The Bertz CT molecular complexity index is 335. The Morgan fingerprint density at radius 1 is 1.44 bits per heavy atom. The summed E-state index contributed by atoms with van der Waals surface area (Å²) >= 11 is 1.93. The average molecular weight is 242 g/mol. The van der Waals surface area contributed by atoms with Crippen LogP contribution in [0.5, 0.6) is 0 Å². The number of hydrogen-bond acceptors (Lipinski definition) is 6. The van der Waals surface area contributed by atoms with Gasteiger partial charge in [-0.05, 0) is 19.1 Å². The fraction of sp³-hybridized carbons (Fsp3) is 0.800. The van der Waals surface area contributed by atoms with Crippen LogP contribution in [0.4, 0.5) is 6.01 Å². The van der Waals surface area contributed by atoms with Gasteiger partial charge in [0.05, 0.1) is 6.54 Å². The number of nitrogens with two attached hydrogens (primary N) is 1. The summed E-state index contributed by atoms with van der Waals surface area (Å²) in [4.78, 5) is 0. The fourth-order valence-corrected chi connectivity index (χ4v) is 3.03. The average Bonchev–Trinajstić information content (AvgIpc) is 2.96. The molecule has 16 heavy (non-hydrogen) atoms. The van der Waals surface area contributed by atoms with Gasteiger partial charge in [-0.3, -0.25) is 0 Å². The lowest BCUT2D eigenvalue weighted by atomic mass is 10.1. The largest absolute Gasteiger partial charge is 0.407 e. The van der Waals surface area contributed by atoms with Crippen LogP contribution in [0, 0.1) is 0 Å². The van der Waals surface area contributed by atoms with Gasteiger partial charge in [-0.1, -0.05) is 17.9 Å². The molecule has 0 unspecified atom stereocenters. The highest BCUT2D eigenvalue weighted by Gasteiger charge is 2.33. The van der Waals surface area contributed by atoms with Gasteiger partial charge in [-0.15, -0.1) is 5.10 Å². The van der Waals surface area contributed by atoms with E-state index in [-0.39, 0.29) is 0 Å². The fourth-order valence-electron chi connectivity index (χ4n) is 2.12.